The lowest BCUT2D eigenvalue weighted by molar-refractivity contribution is -0.201. The van der Waals surface area contributed by atoms with Crippen LogP contribution in [-0.2, 0) is 60.5 Å². The van der Waals surface area contributed by atoms with E-state index in [2.05, 4.69) is 0 Å². The van der Waals surface area contributed by atoms with Crippen LogP contribution in [-0.4, -0.2) is 95.7 Å². The van der Waals surface area contributed by atoms with Gasteiger partial charge in [-0.2, -0.15) is 43.9 Å². The minimum atomic E-state index is -6.56. The fraction of sp³-hybridized carbons (Fsp3) is 0.442. The van der Waals surface area contributed by atoms with Crippen LogP contribution in [0.15, 0.2) is 131 Å². The molecule has 107 heavy (non-hydrogen) atoms. The van der Waals surface area contributed by atoms with Gasteiger partial charge in [-0.25, -0.2) is 27.6 Å². The highest BCUT2D eigenvalue weighted by Crippen LogP contribution is 2.62. The van der Waals surface area contributed by atoms with Gasteiger partial charge in [-0.15, -0.1) is 24.0 Å². The molecule has 6 aliphatic carbocycles. The molecule has 0 saturated heterocycles. The number of carbonyl (C=O) groups is 5. The zero-order chi connectivity index (χ0) is 76.9. The molecule has 0 radical (unpaired) electrons. The number of ether oxygens (including phenoxy) is 5. The molecule has 4 unspecified atom stereocenters. The molecule has 16 nitrogen and oxygen atoms in total. The minimum Gasteiger partial charge on any atom is -0.743 e. The first-order valence-corrected chi connectivity index (χ1v) is 38.4. The van der Waals surface area contributed by atoms with E-state index >= 15 is 0 Å². The maximum Gasteiger partial charge on any atom is 0.416 e. The Morgan fingerprint density at radius 2 is 0.935 bits per heavy atom. The predicted molar refractivity (Wildman–Crippen MR) is 391 cm³/mol. The van der Waals surface area contributed by atoms with Crippen molar-refractivity contribution in [1.82, 2.24) is 0 Å². The molecule has 4 atom stereocenters. The monoisotopic (exact) mass is 1670 g/mol. The second-order valence-corrected chi connectivity index (χ2v) is 33.5. The Labute approximate surface area is 630 Å². The highest BCUT2D eigenvalue weighted by atomic mass is 127. The Morgan fingerprint density at radius 3 is 1.31 bits per heavy atom. The van der Waals surface area contributed by atoms with E-state index in [1.807, 2.05) is 27.7 Å². The Balaban J connectivity index is 0.000000175. The molecule has 0 amide bonds. The van der Waals surface area contributed by atoms with Crippen molar-refractivity contribution in [2.24, 2.45) is 17.3 Å². The second-order valence-electron chi connectivity index (χ2n) is 28.3. The number of halogens is 11. The lowest BCUT2D eigenvalue weighted by Crippen LogP contribution is -2.58. The maximum absolute atomic E-state index is 13.5. The van der Waals surface area contributed by atoms with E-state index in [0.717, 1.165) is 93.2 Å². The van der Waals surface area contributed by atoms with Gasteiger partial charge in [0.25, 0.3) is 0 Å². The third-order valence-electron chi connectivity index (χ3n) is 21.0. The molecule has 6 aliphatic rings. The molecule has 574 valence electrons. The third kappa shape index (κ3) is 17.1. The molecule has 0 aliphatic heterocycles. The molecule has 4 bridgehead atoms. The van der Waals surface area contributed by atoms with Gasteiger partial charge in [0.15, 0.2) is 51.9 Å². The number of esters is 5. The lowest BCUT2D eigenvalue weighted by atomic mass is 9.48. The van der Waals surface area contributed by atoms with Crippen molar-refractivity contribution in [1.29, 1.82) is 0 Å². The van der Waals surface area contributed by atoms with Gasteiger partial charge in [0, 0.05) is 44.2 Å². The van der Waals surface area contributed by atoms with Gasteiger partial charge in [0.1, 0.15) is 11.2 Å². The van der Waals surface area contributed by atoms with Crippen molar-refractivity contribution in [3.05, 3.63) is 175 Å². The summed E-state index contributed by atoms with van der Waals surface area (Å²) in [5, 5.41) is 5.38. The summed E-state index contributed by atoms with van der Waals surface area (Å²) in [7, 11) is -8.49. The van der Waals surface area contributed by atoms with E-state index in [-0.39, 0.29) is 64.1 Å². The van der Waals surface area contributed by atoms with Crippen LogP contribution < -0.4 is 10.9 Å². The number of rotatable bonds is 18. The first-order chi connectivity index (χ1) is 49.8. The maximum atomic E-state index is 13.5. The van der Waals surface area contributed by atoms with Crippen molar-refractivity contribution >= 4 is 125 Å². The number of hydrogen-bond donors (Lipinski definition) is 1. The molecule has 2 aromatic heterocycles. The van der Waals surface area contributed by atoms with Crippen LogP contribution in [0.5, 0.6) is 0 Å². The second kappa shape index (κ2) is 31.4. The Morgan fingerprint density at radius 1 is 0.542 bits per heavy atom. The van der Waals surface area contributed by atoms with Crippen molar-refractivity contribution in [2.45, 2.75) is 177 Å². The Hall–Kier alpha value is -7.65. The smallest absolute Gasteiger partial charge is 0.416 e. The Kier molecular flexibility index (Phi) is 24.0. The van der Waals surface area contributed by atoms with Gasteiger partial charge < -0.3 is 33.3 Å². The molecule has 6 saturated carbocycles. The summed E-state index contributed by atoms with van der Waals surface area (Å²) in [4.78, 5) is 91.2. The quantitative estimate of drug-likeness (QED) is 0.0160. The van der Waals surface area contributed by atoms with Crippen LogP contribution in [0, 0.1) is 31.1 Å². The van der Waals surface area contributed by atoms with Crippen LogP contribution in [0.4, 0.5) is 43.9 Å². The van der Waals surface area contributed by atoms with Crippen LogP contribution in [0.25, 0.3) is 50.1 Å². The average molecular weight is 1670 g/mol. The van der Waals surface area contributed by atoms with Crippen LogP contribution >= 0.6 is 44.9 Å². The molecule has 6 aromatic carbocycles. The van der Waals surface area contributed by atoms with Gasteiger partial charge in [-0.05, 0) is 201 Å². The number of carbonyl (C=O) groups excluding carboxylic acids is 5. The zero-order valence-corrected chi connectivity index (χ0v) is 63.1. The first-order valence-electron chi connectivity index (χ1n) is 34.5. The van der Waals surface area contributed by atoms with Gasteiger partial charge in [0.05, 0.1) is 67.8 Å². The van der Waals surface area contributed by atoms with Crippen LogP contribution in [0.2, 0.25) is 0 Å². The molecule has 6 fully saturated rings. The number of fused-ring (bicyclic) bond motifs is 4. The van der Waals surface area contributed by atoms with Gasteiger partial charge >= 0.3 is 53.4 Å². The van der Waals surface area contributed by atoms with Crippen molar-refractivity contribution in [3.8, 4) is 9.79 Å². The largest absolute Gasteiger partial charge is 0.743 e. The van der Waals surface area contributed by atoms with Crippen LogP contribution in [0.3, 0.4) is 0 Å². The van der Waals surface area contributed by atoms with E-state index in [1.54, 1.807) is 84.9 Å². The molecule has 0 spiro atoms. The number of hydrogen-bond acceptors (Lipinski definition) is 16. The van der Waals surface area contributed by atoms with E-state index in [0.29, 0.717) is 77.9 Å². The molecule has 8 aromatic rings. The fourth-order valence-corrected chi connectivity index (χ4v) is 21.4. The number of aliphatic hydroxyl groups is 1. The van der Waals surface area contributed by atoms with Crippen molar-refractivity contribution in [2.75, 3.05) is 19.8 Å². The average Bonchev–Trinajstić information content (AvgIpc) is 1.16. The molecule has 1 N–H and O–H groups in total. The summed E-state index contributed by atoms with van der Waals surface area (Å²) in [5.74, 6) is -8.36. The summed E-state index contributed by atoms with van der Waals surface area (Å²) in [6.07, 6.45) is 0.628. The van der Waals surface area contributed by atoms with E-state index < -0.39 is 155 Å². The number of aryl methyl sites for hydroxylation is 2. The van der Waals surface area contributed by atoms with E-state index in [1.165, 1.54) is 12.1 Å². The fourth-order valence-electron chi connectivity index (χ4n) is 15.9. The first kappa shape index (κ1) is 81.9. The lowest BCUT2D eigenvalue weighted by Gasteiger charge is -2.58. The Bertz CT molecular complexity index is 4760. The normalized spacial score (nSPS) is 20.5. The molecule has 2 heterocycles. The summed E-state index contributed by atoms with van der Waals surface area (Å²) < 4.78 is 194. The van der Waals surface area contributed by atoms with Gasteiger partial charge in [-0.1, -0.05) is 50.2 Å². The third-order valence-corrected chi connectivity index (χ3v) is 26.9. The summed E-state index contributed by atoms with van der Waals surface area (Å²) in [5.41, 5.74) is -3.77. The molecule has 14 rings (SSSR count). The SMILES string of the molecule is CCC1(OC(=O)COC(=O)c2ccc(C)c(-[s+]3c4ccccc4c(=O)c4cc(C(F)(F)F)ccc43)c2)CCCC1.CCC1(OC(=O)COC(=O)c2ccc(C)c(-[s+]3c4ccccc4c(=O)c4cc(C(F)(F)F)ccc43)c2)CCCC1.I.O=C(OCCC(F)(F)C(F)(F)S(=O)(=O)[O-])C12CC3CC(CC(O)(C3)C1)C2. The summed E-state index contributed by atoms with van der Waals surface area (Å²) in [6.45, 7) is 5.43. The predicted octanol–water partition coefficient (Wildman–Crippen LogP) is 18.3. The van der Waals surface area contributed by atoms with Crippen molar-refractivity contribution < 1.29 is 110 Å². The van der Waals surface area contributed by atoms with Crippen LogP contribution in [0.1, 0.15) is 166 Å². The topological polar surface area (TPSA) is 243 Å². The number of benzene rings is 6. The van der Waals surface area contributed by atoms with Gasteiger partial charge in [0.2, 0.25) is 10.9 Å². The summed E-state index contributed by atoms with van der Waals surface area (Å²) >= 11 is 0. The summed E-state index contributed by atoms with van der Waals surface area (Å²) in [6, 6.07) is 30.0. The number of alkyl halides is 10. The van der Waals surface area contributed by atoms with Crippen molar-refractivity contribution in [3.63, 3.8) is 0 Å². The standard InChI is InChI=1S/2C31H28F3O5S.C15H20F4O6S.HI/c2*1-3-30(14-6-7-15-30)39-27(35)18-38-29(37)20-11-10-19(2)26(16-20)40-24-9-5-4-8-22(24)28(36)23-17-21(31(32,33)34)12-13-25(23)40;16-14(17,15(18,19)26(22,23)24)1-2-25-11(20)12-4-9-3-10(5-12)7-13(21,6-9)8-12;/h2*4-5,8-13,16-17H,3,6-7,14-15,18H2,1-2H3;9-10,21H,1-8H2,(H,22,23,24);1H/q2*+1;;/p-1. The molecular weight excluding hydrogens is 1590 g/mol. The van der Waals surface area contributed by atoms with E-state index in [9.17, 15) is 95.5 Å². The minimum absolute atomic E-state index is 0. The highest BCUT2D eigenvalue weighted by Gasteiger charge is 2.63. The molecular formula is C77H76F10IO16S3+. The molecule has 30 heteroatoms. The van der Waals surface area contributed by atoms with Gasteiger partial charge in [-0.3, -0.25) is 14.4 Å². The zero-order valence-electron chi connectivity index (χ0n) is 58.3. The highest BCUT2D eigenvalue weighted by molar-refractivity contribution is 14.0. The van der Waals surface area contributed by atoms with E-state index in [4.69, 9.17) is 23.7 Å².